The number of hydrazine groups is 1. The molecule has 4 N–H and O–H groups in total. The fraction of sp³-hybridized carbons (Fsp3) is 0.417. The van der Waals surface area contributed by atoms with Gasteiger partial charge in [-0.05, 0) is 30.9 Å². The molecule has 16 heavy (non-hydrogen) atoms. The lowest BCUT2D eigenvalue weighted by atomic mass is 9.82. The van der Waals surface area contributed by atoms with Gasteiger partial charge in [0.25, 0.3) is 0 Å². The molecule has 0 spiro atoms. The molecule has 1 fully saturated rings. The predicted molar refractivity (Wildman–Crippen MR) is 67.0 cm³/mol. The molecule has 0 amide bonds. The number of nitrogens with one attached hydrogen (secondary N) is 2. The molecule has 1 aromatic carbocycles. The number of guanidine groups is 1. The molecule has 0 aliphatic heterocycles. The first kappa shape index (κ1) is 11.0. The van der Waals surface area contributed by atoms with E-state index in [0.717, 1.165) is 24.4 Å². The fourth-order valence-corrected chi connectivity index (χ4v) is 1.91. The van der Waals surface area contributed by atoms with Crippen LogP contribution >= 0.6 is 0 Å². The van der Waals surface area contributed by atoms with Crippen molar-refractivity contribution >= 4 is 11.6 Å². The van der Waals surface area contributed by atoms with Crippen molar-refractivity contribution in [2.75, 3.05) is 5.32 Å². The molecule has 2 rings (SSSR count). The summed E-state index contributed by atoms with van der Waals surface area (Å²) in [5, 5.41) is 3.16. The maximum absolute atomic E-state index is 5.44. The molecule has 4 nitrogen and oxygen atoms in total. The van der Waals surface area contributed by atoms with E-state index in [9.17, 15) is 0 Å². The molecule has 86 valence electrons. The Morgan fingerprint density at radius 1 is 1.31 bits per heavy atom. The quantitative estimate of drug-likeness (QED) is 0.306. The van der Waals surface area contributed by atoms with Gasteiger partial charge in [0, 0.05) is 5.69 Å². The number of benzene rings is 1. The fourth-order valence-electron chi connectivity index (χ4n) is 1.91. The van der Waals surface area contributed by atoms with Crippen LogP contribution in [-0.2, 0) is 0 Å². The van der Waals surface area contributed by atoms with Crippen molar-refractivity contribution in [2.24, 2.45) is 16.8 Å². The third kappa shape index (κ3) is 2.73. The molecule has 0 unspecified atom stereocenters. The highest BCUT2D eigenvalue weighted by Crippen LogP contribution is 2.29. The first-order valence-electron chi connectivity index (χ1n) is 5.64. The van der Waals surface area contributed by atoms with E-state index in [1.165, 1.54) is 0 Å². The zero-order valence-corrected chi connectivity index (χ0v) is 9.48. The van der Waals surface area contributed by atoms with Gasteiger partial charge >= 0.3 is 0 Å². The zero-order valence-electron chi connectivity index (χ0n) is 9.48. The Kier molecular flexibility index (Phi) is 3.41. The van der Waals surface area contributed by atoms with Crippen LogP contribution in [0.15, 0.2) is 35.3 Å². The molecular weight excluding hydrogens is 200 g/mol. The minimum absolute atomic E-state index is 0.414. The Hall–Kier alpha value is -1.55. The number of hydrogen-bond donors (Lipinski definition) is 3. The lowest BCUT2D eigenvalue weighted by molar-refractivity contribution is 0.291. The van der Waals surface area contributed by atoms with E-state index >= 15 is 0 Å². The van der Waals surface area contributed by atoms with Gasteiger partial charge in [0.05, 0.1) is 6.04 Å². The Morgan fingerprint density at radius 3 is 2.56 bits per heavy atom. The van der Waals surface area contributed by atoms with Crippen LogP contribution in [0.1, 0.15) is 19.8 Å². The summed E-state index contributed by atoms with van der Waals surface area (Å²) in [7, 11) is 0. The average Bonchev–Trinajstić information content (AvgIpc) is 2.27. The third-order valence-corrected chi connectivity index (χ3v) is 2.83. The molecule has 4 heteroatoms. The molecule has 0 radical (unpaired) electrons. The maximum Gasteiger partial charge on any atom is 0.210 e. The van der Waals surface area contributed by atoms with Gasteiger partial charge in [-0.3, -0.25) is 5.43 Å². The lowest BCUT2D eigenvalue weighted by Crippen LogP contribution is -2.39. The standard InChI is InChI=1S/C12H18N4/c1-9-7-11(8-9)15-12(16-13)14-10-5-3-2-4-6-10/h2-6,9,11H,7-8,13H2,1H3,(H2,14,15,16). The summed E-state index contributed by atoms with van der Waals surface area (Å²) >= 11 is 0. The van der Waals surface area contributed by atoms with Crippen molar-refractivity contribution in [1.82, 2.24) is 5.43 Å². The van der Waals surface area contributed by atoms with Crippen molar-refractivity contribution in [3.05, 3.63) is 30.3 Å². The van der Waals surface area contributed by atoms with Gasteiger partial charge in [0.15, 0.2) is 0 Å². The van der Waals surface area contributed by atoms with Crippen molar-refractivity contribution in [3.63, 3.8) is 0 Å². The van der Waals surface area contributed by atoms with E-state index in [2.05, 4.69) is 22.7 Å². The van der Waals surface area contributed by atoms with Crippen molar-refractivity contribution in [2.45, 2.75) is 25.8 Å². The first-order valence-corrected chi connectivity index (χ1v) is 5.64. The molecule has 1 aromatic rings. The van der Waals surface area contributed by atoms with Gasteiger partial charge in [0.2, 0.25) is 5.96 Å². The predicted octanol–water partition coefficient (Wildman–Crippen LogP) is 1.72. The monoisotopic (exact) mass is 218 g/mol. The Morgan fingerprint density at radius 2 is 2.00 bits per heavy atom. The summed E-state index contributed by atoms with van der Waals surface area (Å²) in [4.78, 5) is 4.52. The highest BCUT2D eigenvalue weighted by atomic mass is 15.3. The van der Waals surface area contributed by atoms with E-state index < -0.39 is 0 Å². The van der Waals surface area contributed by atoms with Gasteiger partial charge in [-0.1, -0.05) is 25.1 Å². The molecule has 0 atom stereocenters. The summed E-state index contributed by atoms with van der Waals surface area (Å²) in [6.07, 6.45) is 2.31. The van der Waals surface area contributed by atoms with Crippen LogP contribution in [0.3, 0.4) is 0 Å². The molecule has 1 aliphatic rings. The summed E-state index contributed by atoms with van der Waals surface area (Å²) in [5.74, 6) is 6.88. The SMILES string of the molecule is CC1CC(N=C(NN)Nc2ccccc2)C1. The molecule has 0 aromatic heterocycles. The number of rotatable bonds is 2. The number of para-hydroxylation sites is 1. The number of nitrogens with zero attached hydrogens (tertiary/aromatic N) is 1. The molecule has 0 heterocycles. The minimum atomic E-state index is 0.414. The number of nitrogens with two attached hydrogens (primary N) is 1. The van der Waals surface area contributed by atoms with Crippen LogP contribution in [0.2, 0.25) is 0 Å². The molecular formula is C12H18N4. The summed E-state index contributed by atoms with van der Waals surface area (Å²) in [6.45, 7) is 2.24. The van der Waals surface area contributed by atoms with E-state index in [0.29, 0.717) is 12.0 Å². The van der Waals surface area contributed by atoms with Gasteiger partial charge in [0.1, 0.15) is 0 Å². The number of hydrogen-bond acceptors (Lipinski definition) is 2. The molecule has 1 aliphatic carbocycles. The number of aliphatic imine (C=N–C) groups is 1. The molecule has 0 bridgehead atoms. The zero-order chi connectivity index (χ0) is 11.4. The lowest BCUT2D eigenvalue weighted by Gasteiger charge is -2.29. The van der Waals surface area contributed by atoms with E-state index in [-0.39, 0.29) is 0 Å². The van der Waals surface area contributed by atoms with E-state index in [4.69, 9.17) is 5.84 Å². The van der Waals surface area contributed by atoms with Crippen LogP contribution in [0.25, 0.3) is 0 Å². The van der Waals surface area contributed by atoms with Crippen molar-refractivity contribution in [3.8, 4) is 0 Å². The highest BCUT2D eigenvalue weighted by molar-refractivity contribution is 5.93. The van der Waals surface area contributed by atoms with Crippen molar-refractivity contribution < 1.29 is 0 Å². The summed E-state index contributed by atoms with van der Waals surface area (Å²) < 4.78 is 0. The molecule has 0 saturated heterocycles. The van der Waals surface area contributed by atoms with Crippen LogP contribution in [0.5, 0.6) is 0 Å². The normalized spacial score (nSPS) is 24.8. The smallest absolute Gasteiger partial charge is 0.210 e. The Bertz CT molecular complexity index is 355. The Balaban J connectivity index is 1.95. The van der Waals surface area contributed by atoms with Crippen LogP contribution in [0.4, 0.5) is 5.69 Å². The second kappa shape index (κ2) is 4.99. The largest absolute Gasteiger partial charge is 0.325 e. The first-order chi connectivity index (χ1) is 7.78. The van der Waals surface area contributed by atoms with Gasteiger partial charge in [-0.25, -0.2) is 10.8 Å². The minimum Gasteiger partial charge on any atom is -0.325 e. The summed E-state index contributed by atoms with van der Waals surface area (Å²) in [5.41, 5.74) is 3.60. The van der Waals surface area contributed by atoms with E-state index in [1.54, 1.807) is 0 Å². The summed E-state index contributed by atoms with van der Waals surface area (Å²) in [6, 6.07) is 10.3. The van der Waals surface area contributed by atoms with Gasteiger partial charge < -0.3 is 5.32 Å². The Labute approximate surface area is 95.9 Å². The van der Waals surface area contributed by atoms with Crippen LogP contribution in [0, 0.1) is 5.92 Å². The molecule has 1 saturated carbocycles. The second-order valence-electron chi connectivity index (χ2n) is 4.34. The second-order valence-corrected chi connectivity index (χ2v) is 4.34. The van der Waals surface area contributed by atoms with E-state index in [1.807, 2.05) is 30.3 Å². The highest BCUT2D eigenvalue weighted by Gasteiger charge is 2.25. The van der Waals surface area contributed by atoms with Crippen LogP contribution in [-0.4, -0.2) is 12.0 Å². The van der Waals surface area contributed by atoms with Gasteiger partial charge in [-0.15, -0.1) is 0 Å². The van der Waals surface area contributed by atoms with Crippen LogP contribution < -0.4 is 16.6 Å². The van der Waals surface area contributed by atoms with Gasteiger partial charge in [-0.2, -0.15) is 0 Å². The third-order valence-electron chi connectivity index (χ3n) is 2.83. The number of anilines is 1. The topological polar surface area (TPSA) is 62.4 Å². The van der Waals surface area contributed by atoms with Crippen molar-refractivity contribution in [1.29, 1.82) is 0 Å². The average molecular weight is 218 g/mol. The maximum atomic E-state index is 5.44.